The highest BCUT2D eigenvalue weighted by Crippen LogP contribution is 2.36. The number of hydrogen-bond acceptors (Lipinski definition) is 6. The summed E-state index contributed by atoms with van der Waals surface area (Å²) in [6.45, 7) is 0.0796. The number of benzene rings is 2. The molecule has 3 rings (SSSR count). The number of anilines is 2. The molecular formula is C19H21ClN2O6S. The Bertz CT molecular complexity index is 1030. The molecule has 0 fully saturated rings. The van der Waals surface area contributed by atoms with E-state index in [1.54, 1.807) is 30.3 Å². The van der Waals surface area contributed by atoms with E-state index < -0.39 is 22.0 Å². The second kappa shape index (κ2) is 8.38. The summed E-state index contributed by atoms with van der Waals surface area (Å²) in [5.41, 5.74) is 0.804. The summed E-state index contributed by atoms with van der Waals surface area (Å²) in [7, 11) is -0.551. The number of ether oxygens (including phenoxy) is 3. The number of amides is 1. The first-order valence-corrected chi connectivity index (χ1v) is 10.9. The minimum absolute atomic E-state index is 0.0796. The van der Waals surface area contributed by atoms with Crippen molar-refractivity contribution in [1.29, 1.82) is 0 Å². The van der Waals surface area contributed by atoms with Crippen LogP contribution in [0.1, 0.15) is 6.42 Å². The number of nitrogens with zero attached hydrogens (tertiary/aromatic N) is 1. The largest absolute Gasteiger partial charge is 0.493 e. The van der Waals surface area contributed by atoms with Crippen molar-refractivity contribution in [2.24, 2.45) is 0 Å². The number of carbonyl (C=O) groups is 1. The predicted octanol–water partition coefficient (Wildman–Crippen LogP) is 2.91. The number of halogens is 1. The quantitative estimate of drug-likeness (QED) is 0.768. The van der Waals surface area contributed by atoms with Crippen LogP contribution in [0.3, 0.4) is 0 Å². The standard InChI is InChI=1S/C19H21ClN2O6S/c1-26-16-7-5-13(11-18(16)27-2)21-19(23)17-8-9-22(29(3,24)25)14-10-12(20)4-6-15(14)28-17/h4-7,10-11,17H,8-9H2,1-3H3,(H,21,23)/t17-/m1/s1. The Labute approximate surface area is 174 Å². The van der Waals surface area contributed by atoms with Crippen molar-refractivity contribution < 1.29 is 27.4 Å². The van der Waals surface area contributed by atoms with Gasteiger partial charge >= 0.3 is 0 Å². The Morgan fingerprint density at radius 1 is 1.17 bits per heavy atom. The maximum Gasteiger partial charge on any atom is 0.265 e. The number of rotatable bonds is 5. The van der Waals surface area contributed by atoms with Crippen LogP contribution in [0.2, 0.25) is 5.02 Å². The topological polar surface area (TPSA) is 94.2 Å². The molecule has 0 saturated carbocycles. The third-order valence-corrected chi connectivity index (χ3v) is 5.81. The molecule has 2 aromatic rings. The molecule has 0 saturated heterocycles. The number of nitrogens with one attached hydrogen (secondary N) is 1. The Kier molecular flexibility index (Phi) is 6.09. The molecule has 1 heterocycles. The van der Waals surface area contributed by atoms with Crippen molar-refractivity contribution in [1.82, 2.24) is 0 Å². The zero-order chi connectivity index (χ0) is 21.2. The Hall–Kier alpha value is -2.65. The molecule has 1 aliphatic rings. The number of fused-ring (bicyclic) bond motifs is 1. The van der Waals surface area contributed by atoms with E-state index in [1.807, 2.05) is 0 Å². The summed E-state index contributed by atoms with van der Waals surface area (Å²) in [6.07, 6.45) is 0.370. The van der Waals surface area contributed by atoms with Gasteiger partial charge in [0.05, 0.1) is 26.2 Å². The molecule has 0 unspecified atom stereocenters. The van der Waals surface area contributed by atoms with Crippen molar-refractivity contribution in [3.05, 3.63) is 41.4 Å². The van der Waals surface area contributed by atoms with Gasteiger partial charge in [-0.2, -0.15) is 0 Å². The van der Waals surface area contributed by atoms with E-state index in [9.17, 15) is 13.2 Å². The molecule has 8 nitrogen and oxygen atoms in total. The van der Waals surface area contributed by atoms with Gasteiger partial charge in [0.2, 0.25) is 10.0 Å². The summed E-state index contributed by atoms with van der Waals surface area (Å²) in [5.74, 6) is 0.861. The molecule has 1 amide bonds. The number of carbonyl (C=O) groups excluding carboxylic acids is 1. The zero-order valence-electron chi connectivity index (χ0n) is 16.1. The fourth-order valence-electron chi connectivity index (χ4n) is 3.02. The van der Waals surface area contributed by atoms with Gasteiger partial charge in [0.15, 0.2) is 17.6 Å². The lowest BCUT2D eigenvalue weighted by Gasteiger charge is -2.21. The molecule has 0 aliphatic carbocycles. The summed E-state index contributed by atoms with van der Waals surface area (Å²) in [4.78, 5) is 12.8. The predicted molar refractivity (Wildman–Crippen MR) is 111 cm³/mol. The first kappa shape index (κ1) is 21.1. The molecule has 29 heavy (non-hydrogen) atoms. The van der Waals surface area contributed by atoms with Gasteiger partial charge < -0.3 is 19.5 Å². The molecule has 156 valence electrons. The van der Waals surface area contributed by atoms with Gasteiger partial charge in [-0.25, -0.2) is 8.42 Å². The monoisotopic (exact) mass is 440 g/mol. The minimum atomic E-state index is -3.57. The van der Waals surface area contributed by atoms with Crippen LogP contribution in [0.5, 0.6) is 17.2 Å². The van der Waals surface area contributed by atoms with Gasteiger partial charge in [-0.1, -0.05) is 11.6 Å². The average Bonchev–Trinajstić information content (AvgIpc) is 2.87. The van der Waals surface area contributed by atoms with Crippen LogP contribution >= 0.6 is 11.6 Å². The highest BCUT2D eigenvalue weighted by molar-refractivity contribution is 7.92. The summed E-state index contributed by atoms with van der Waals surface area (Å²) >= 11 is 6.03. The second-order valence-corrected chi connectivity index (χ2v) is 8.74. The first-order valence-electron chi connectivity index (χ1n) is 8.69. The van der Waals surface area contributed by atoms with E-state index in [-0.39, 0.29) is 18.7 Å². The van der Waals surface area contributed by atoms with E-state index >= 15 is 0 Å². The van der Waals surface area contributed by atoms with Crippen LogP contribution in [-0.4, -0.2) is 47.4 Å². The van der Waals surface area contributed by atoms with Crippen LogP contribution < -0.4 is 23.8 Å². The molecule has 0 aromatic heterocycles. The van der Waals surface area contributed by atoms with Crippen molar-refractivity contribution in [2.75, 3.05) is 36.6 Å². The van der Waals surface area contributed by atoms with Crippen LogP contribution in [0.4, 0.5) is 11.4 Å². The van der Waals surface area contributed by atoms with Gasteiger partial charge in [0, 0.05) is 29.7 Å². The SMILES string of the molecule is COc1ccc(NC(=O)[C@H]2CCN(S(C)(=O)=O)c3cc(Cl)ccc3O2)cc1OC. The van der Waals surface area contributed by atoms with E-state index in [0.717, 1.165) is 6.26 Å². The molecule has 10 heteroatoms. The fourth-order valence-corrected chi connectivity index (χ4v) is 4.12. The highest BCUT2D eigenvalue weighted by Gasteiger charge is 2.31. The molecule has 1 aliphatic heterocycles. The lowest BCUT2D eigenvalue weighted by molar-refractivity contribution is -0.122. The minimum Gasteiger partial charge on any atom is -0.493 e. The zero-order valence-corrected chi connectivity index (χ0v) is 17.7. The van der Waals surface area contributed by atoms with Gasteiger partial charge in [0.25, 0.3) is 5.91 Å². The molecule has 0 radical (unpaired) electrons. The van der Waals surface area contributed by atoms with Crippen molar-refractivity contribution in [3.8, 4) is 17.2 Å². The van der Waals surface area contributed by atoms with Crippen molar-refractivity contribution in [2.45, 2.75) is 12.5 Å². The van der Waals surface area contributed by atoms with E-state index in [2.05, 4.69) is 5.32 Å². The van der Waals surface area contributed by atoms with E-state index in [1.165, 1.54) is 24.6 Å². The molecule has 2 aromatic carbocycles. The van der Waals surface area contributed by atoms with Crippen LogP contribution in [0.15, 0.2) is 36.4 Å². The van der Waals surface area contributed by atoms with Crippen LogP contribution in [-0.2, 0) is 14.8 Å². The van der Waals surface area contributed by atoms with Gasteiger partial charge in [-0.05, 0) is 30.3 Å². The summed E-state index contributed by atoms with van der Waals surface area (Å²) in [5, 5.41) is 3.14. The lowest BCUT2D eigenvalue weighted by Crippen LogP contribution is -2.35. The normalized spacial score (nSPS) is 16.3. The molecule has 0 bridgehead atoms. The fraction of sp³-hybridized carbons (Fsp3) is 0.316. The highest BCUT2D eigenvalue weighted by atomic mass is 35.5. The van der Waals surface area contributed by atoms with Gasteiger partial charge in [-0.3, -0.25) is 9.10 Å². The van der Waals surface area contributed by atoms with Crippen LogP contribution in [0, 0.1) is 0 Å². The molecule has 0 spiro atoms. The Morgan fingerprint density at radius 2 is 1.90 bits per heavy atom. The van der Waals surface area contributed by atoms with Gasteiger partial charge in [-0.15, -0.1) is 0 Å². The first-order chi connectivity index (χ1) is 13.7. The Morgan fingerprint density at radius 3 is 2.55 bits per heavy atom. The number of sulfonamides is 1. The third-order valence-electron chi connectivity index (χ3n) is 4.40. The molecule has 1 atom stereocenters. The van der Waals surface area contributed by atoms with Crippen molar-refractivity contribution >= 4 is 38.9 Å². The third kappa shape index (κ3) is 4.68. The van der Waals surface area contributed by atoms with Crippen molar-refractivity contribution in [3.63, 3.8) is 0 Å². The maximum absolute atomic E-state index is 12.8. The van der Waals surface area contributed by atoms with E-state index in [4.69, 9.17) is 25.8 Å². The summed E-state index contributed by atoms with van der Waals surface area (Å²) in [6, 6.07) is 9.61. The second-order valence-electron chi connectivity index (χ2n) is 6.40. The average molecular weight is 441 g/mol. The summed E-state index contributed by atoms with van der Waals surface area (Å²) < 4.78 is 41.9. The molecule has 1 N–H and O–H groups in total. The lowest BCUT2D eigenvalue weighted by atomic mass is 10.2. The Balaban J connectivity index is 1.85. The van der Waals surface area contributed by atoms with Crippen LogP contribution in [0.25, 0.3) is 0 Å². The number of hydrogen-bond donors (Lipinski definition) is 1. The number of methoxy groups -OCH3 is 2. The maximum atomic E-state index is 12.8. The van der Waals surface area contributed by atoms with E-state index in [0.29, 0.717) is 27.9 Å². The smallest absolute Gasteiger partial charge is 0.265 e. The molecular weight excluding hydrogens is 420 g/mol. The van der Waals surface area contributed by atoms with Gasteiger partial charge in [0.1, 0.15) is 5.75 Å².